The van der Waals surface area contributed by atoms with E-state index in [1.54, 1.807) is 44.4 Å². The van der Waals surface area contributed by atoms with Crippen LogP contribution < -0.4 is 9.57 Å². The highest BCUT2D eigenvalue weighted by Crippen LogP contribution is 2.26. The zero-order valence-electron chi connectivity index (χ0n) is 11.6. The van der Waals surface area contributed by atoms with E-state index in [9.17, 15) is 10.1 Å². The van der Waals surface area contributed by atoms with Gasteiger partial charge in [-0.2, -0.15) is 0 Å². The topological polar surface area (TPSA) is 74.0 Å². The Morgan fingerprint density at radius 1 is 1.14 bits per heavy atom. The van der Waals surface area contributed by atoms with E-state index < -0.39 is 4.92 Å². The number of nitro groups is 1. The molecule has 6 heteroatoms. The molecule has 6 nitrogen and oxygen atoms in total. The number of benzene rings is 2. The van der Waals surface area contributed by atoms with Crippen molar-refractivity contribution in [2.24, 2.45) is 5.16 Å². The lowest BCUT2D eigenvalue weighted by molar-refractivity contribution is -0.384. The first-order chi connectivity index (χ1) is 10.1. The minimum atomic E-state index is -0.447. The first-order valence-corrected chi connectivity index (χ1v) is 6.21. The number of non-ortho nitro benzene ring substituents is 1. The van der Waals surface area contributed by atoms with Gasteiger partial charge in [-0.05, 0) is 19.1 Å². The lowest BCUT2D eigenvalue weighted by atomic mass is 10.1. The zero-order chi connectivity index (χ0) is 15.2. The second kappa shape index (κ2) is 6.51. The van der Waals surface area contributed by atoms with Crippen molar-refractivity contribution < 1.29 is 14.5 Å². The van der Waals surface area contributed by atoms with Gasteiger partial charge in [0, 0.05) is 17.7 Å². The summed E-state index contributed by atoms with van der Waals surface area (Å²) in [5.41, 5.74) is 1.17. The van der Waals surface area contributed by atoms with Crippen LogP contribution in [0.1, 0.15) is 12.5 Å². The Morgan fingerprint density at radius 2 is 1.86 bits per heavy atom. The lowest BCUT2D eigenvalue weighted by Gasteiger charge is -2.06. The number of nitrogens with zero attached hydrogens (tertiary/aromatic N) is 2. The summed E-state index contributed by atoms with van der Waals surface area (Å²) in [5.74, 6) is 1.04. The van der Waals surface area contributed by atoms with Crippen molar-refractivity contribution >= 4 is 11.4 Å². The largest absolute Gasteiger partial charge is 0.493 e. The molecule has 0 amide bonds. The Morgan fingerprint density at radius 3 is 2.52 bits per heavy atom. The van der Waals surface area contributed by atoms with Crippen molar-refractivity contribution in [2.75, 3.05) is 7.11 Å². The minimum Gasteiger partial charge on any atom is -0.493 e. The van der Waals surface area contributed by atoms with Crippen LogP contribution in [-0.4, -0.2) is 17.7 Å². The van der Waals surface area contributed by atoms with Crippen molar-refractivity contribution in [3.63, 3.8) is 0 Å². The molecule has 2 aromatic rings. The SMILES string of the molecule is COc1ccccc1O/N=C(\C)c1cccc([N+](=O)[O-])c1. The molecule has 0 aromatic heterocycles. The van der Waals surface area contributed by atoms with Crippen LogP contribution in [-0.2, 0) is 0 Å². The van der Waals surface area contributed by atoms with E-state index in [1.165, 1.54) is 12.1 Å². The second-order valence-electron chi connectivity index (χ2n) is 4.23. The van der Waals surface area contributed by atoms with Crippen LogP contribution in [0.25, 0.3) is 0 Å². The number of hydrogen-bond acceptors (Lipinski definition) is 5. The summed E-state index contributed by atoms with van der Waals surface area (Å²) >= 11 is 0. The molecule has 0 fully saturated rings. The van der Waals surface area contributed by atoms with Crippen LogP contribution in [0.15, 0.2) is 53.7 Å². The van der Waals surface area contributed by atoms with Crippen molar-refractivity contribution in [1.29, 1.82) is 0 Å². The molecule has 108 valence electrons. The van der Waals surface area contributed by atoms with Gasteiger partial charge in [0.05, 0.1) is 17.7 Å². The van der Waals surface area contributed by atoms with E-state index in [2.05, 4.69) is 5.16 Å². The predicted molar refractivity (Wildman–Crippen MR) is 78.9 cm³/mol. The van der Waals surface area contributed by atoms with Crippen molar-refractivity contribution in [2.45, 2.75) is 6.92 Å². The van der Waals surface area contributed by atoms with E-state index in [0.29, 0.717) is 22.8 Å². The third-order valence-corrected chi connectivity index (χ3v) is 2.82. The summed E-state index contributed by atoms with van der Waals surface area (Å²) < 4.78 is 5.15. The van der Waals surface area contributed by atoms with Crippen molar-refractivity contribution in [1.82, 2.24) is 0 Å². The predicted octanol–water partition coefficient (Wildman–Crippen LogP) is 3.41. The van der Waals surface area contributed by atoms with Crippen molar-refractivity contribution in [3.8, 4) is 11.5 Å². The number of hydrogen-bond donors (Lipinski definition) is 0. The number of methoxy groups -OCH3 is 1. The van der Waals surface area contributed by atoms with Gasteiger partial charge in [0.15, 0.2) is 11.5 Å². The number of oxime groups is 1. The molecule has 2 aromatic carbocycles. The number of nitro benzene ring substituents is 1. The summed E-state index contributed by atoms with van der Waals surface area (Å²) in [5, 5.41) is 14.7. The molecule has 0 spiro atoms. The van der Waals surface area contributed by atoms with Crippen LogP contribution in [0.4, 0.5) is 5.69 Å². The van der Waals surface area contributed by atoms with Crippen LogP contribution in [0.2, 0.25) is 0 Å². The summed E-state index contributed by atoms with van der Waals surface area (Å²) in [7, 11) is 1.54. The third kappa shape index (κ3) is 3.56. The summed E-state index contributed by atoms with van der Waals surface area (Å²) in [6.45, 7) is 1.72. The van der Waals surface area contributed by atoms with Crippen LogP contribution in [0, 0.1) is 10.1 Å². The monoisotopic (exact) mass is 286 g/mol. The number of rotatable bonds is 5. The van der Waals surface area contributed by atoms with E-state index in [0.717, 1.165) is 0 Å². The van der Waals surface area contributed by atoms with Gasteiger partial charge in [-0.15, -0.1) is 0 Å². The molecule has 0 aliphatic rings. The highest BCUT2D eigenvalue weighted by atomic mass is 16.6. The van der Waals surface area contributed by atoms with Gasteiger partial charge < -0.3 is 9.57 Å². The molecule has 0 heterocycles. The maximum Gasteiger partial charge on any atom is 0.270 e. The van der Waals surface area contributed by atoms with Crippen LogP contribution >= 0.6 is 0 Å². The average molecular weight is 286 g/mol. The van der Waals surface area contributed by atoms with E-state index >= 15 is 0 Å². The molecule has 0 aliphatic heterocycles. The molecule has 0 unspecified atom stereocenters. The molecule has 2 rings (SSSR count). The van der Waals surface area contributed by atoms with Crippen LogP contribution in [0.5, 0.6) is 11.5 Å². The van der Waals surface area contributed by atoms with Gasteiger partial charge in [0.2, 0.25) is 0 Å². The fourth-order valence-corrected chi connectivity index (χ4v) is 1.71. The average Bonchev–Trinajstić information content (AvgIpc) is 2.52. The smallest absolute Gasteiger partial charge is 0.270 e. The maximum absolute atomic E-state index is 10.8. The highest BCUT2D eigenvalue weighted by Gasteiger charge is 2.08. The number of para-hydroxylation sites is 2. The van der Waals surface area contributed by atoms with Gasteiger partial charge in [-0.3, -0.25) is 10.1 Å². The van der Waals surface area contributed by atoms with Crippen LogP contribution in [0.3, 0.4) is 0 Å². The first kappa shape index (κ1) is 14.5. The Bertz CT molecular complexity index is 683. The lowest BCUT2D eigenvalue weighted by Crippen LogP contribution is -1.99. The molecule has 0 atom stereocenters. The molecule has 0 saturated heterocycles. The molecule has 0 bridgehead atoms. The van der Waals surface area contributed by atoms with Gasteiger partial charge in [0.1, 0.15) is 0 Å². The fourth-order valence-electron chi connectivity index (χ4n) is 1.71. The van der Waals surface area contributed by atoms with Gasteiger partial charge in [-0.25, -0.2) is 0 Å². The quantitative estimate of drug-likeness (QED) is 0.479. The fraction of sp³-hybridized carbons (Fsp3) is 0.133. The zero-order valence-corrected chi connectivity index (χ0v) is 11.6. The maximum atomic E-state index is 10.8. The highest BCUT2D eigenvalue weighted by molar-refractivity contribution is 5.98. The second-order valence-corrected chi connectivity index (χ2v) is 4.23. The van der Waals surface area contributed by atoms with Crippen molar-refractivity contribution in [3.05, 3.63) is 64.2 Å². The molecule has 0 aliphatic carbocycles. The van der Waals surface area contributed by atoms with Gasteiger partial charge in [-0.1, -0.05) is 29.4 Å². The molecule has 0 N–H and O–H groups in total. The normalized spacial score (nSPS) is 11.0. The standard InChI is InChI=1S/C15H14N2O4/c1-11(12-6-5-7-13(10-12)17(18)19)16-21-15-9-4-3-8-14(15)20-2/h3-10H,1-2H3/b16-11+. The third-order valence-electron chi connectivity index (χ3n) is 2.82. The molecule has 21 heavy (non-hydrogen) atoms. The van der Waals surface area contributed by atoms with Gasteiger partial charge >= 0.3 is 0 Å². The molecular weight excluding hydrogens is 272 g/mol. The van der Waals surface area contributed by atoms with E-state index in [4.69, 9.17) is 9.57 Å². The number of ether oxygens (including phenoxy) is 1. The first-order valence-electron chi connectivity index (χ1n) is 6.21. The Hall–Kier alpha value is -2.89. The summed E-state index contributed by atoms with van der Waals surface area (Å²) in [6.07, 6.45) is 0. The Kier molecular flexibility index (Phi) is 4.50. The Balaban J connectivity index is 2.21. The Labute approximate surface area is 121 Å². The molecule has 0 saturated carbocycles. The summed E-state index contributed by atoms with van der Waals surface area (Å²) in [6, 6.07) is 13.3. The van der Waals surface area contributed by atoms with E-state index in [-0.39, 0.29) is 5.69 Å². The minimum absolute atomic E-state index is 0.0133. The molecular formula is C15H14N2O4. The van der Waals surface area contributed by atoms with E-state index in [1.807, 2.05) is 6.07 Å². The van der Waals surface area contributed by atoms with Gasteiger partial charge in [0.25, 0.3) is 5.69 Å². The molecule has 0 radical (unpaired) electrons. The summed E-state index contributed by atoms with van der Waals surface area (Å²) in [4.78, 5) is 15.6.